The van der Waals surface area contributed by atoms with Gasteiger partial charge >= 0.3 is 0 Å². The molecule has 2 atom stereocenters. The Hall–Kier alpha value is -1.79. The van der Waals surface area contributed by atoms with Crippen molar-refractivity contribution in [1.29, 1.82) is 0 Å². The Labute approximate surface area is 153 Å². The van der Waals surface area contributed by atoms with E-state index in [-0.39, 0.29) is 6.04 Å². The fourth-order valence-electron chi connectivity index (χ4n) is 3.43. The summed E-state index contributed by atoms with van der Waals surface area (Å²) in [5, 5.41) is 0.907. The molecule has 1 saturated carbocycles. The second kappa shape index (κ2) is 6.50. The van der Waals surface area contributed by atoms with Gasteiger partial charge in [0, 0.05) is 5.25 Å². The quantitative estimate of drug-likeness (QED) is 0.805. The first-order chi connectivity index (χ1) is 12.1. The summed E-state index contributed by atoms with van der Waals surface area (Å²) in [6.07, 6.45) is 3.01. The van der Waals surface area contributed by atoms with Crippen LogP contribution in [-0.2, 0) is 10.0 Å². The van der Waals surface area contributed by atoms with Gasteiger partial charge in [-0.1, -0.05) is 54.1 Å². The third-order valence-corrected chi connectivity index (χ3v) is 8.02. The van der Waals surface area contributed by atoms with E-state index in [1.165, 1.54) is 0 Å². The summed E-state index contributed by atoms with van der Waals surface area (Å²) in [7, 11) is -3.60. The maximum absolute atomic E-state index is 13.3. The first-order valence-electron chi connectivity index (χ1n) is 8.47. The molecule has 130 valence electrons. The summed E-state index contributed by atoms with van der Waals surface area (Å²) < 4.78 is 28.2. The minimum atomic E-state index is -3.60. The van der Waals surface area contributed by atoms with E-state index in [0.29, 0.717) is 15.3 Å². The molecule has 0 unspecified atom stereocenters. The molecule has 0 bridgehead atoms. The van der Waals surface area contributed by atoms with Crippen LogP contribution < -0.4 is 0 Å². The molecule has 1 aliphatic carbocycles. The van der Waals surface area contributed by atoms with Crippen molar-refractivity contribution in [3.63, 3.8) is 0 Å². The molecular weight excluding hydrogens is 352 g/mol. The summed E-state index contributed by atoms with van der Waals surface area (Å²) in [4.78, 5) is 5.00. The standard InChI is InChI=1S/C19H20N2O2S2/c1-14-10-12-16(13-11-14)25(22,23)21-17-8-5-9-18(17)24-19(21)20-15-6-3-2-4-7-15/h2-4,6-7,10-13,17-18H,5,8-9H2,1H3/t17-,18-/m1/s1. The largest absolute Gasteiger partial charge is 0.266 e. The van der Waals surface area contributed by atoms with Crippen molar-refractivity contribution in [1.82, 2.24) is 4.31 Å². The van der Waals surface area contributed by atoms with E-state index in [2.05, 4.69) is 4.99 Å². The molecular formula is C19H20N2O2S2. The van der Waals surface area contributed by atoms with E-state index in [9.17, 15) is 8.42 Å². The topological polar surface area (TPSA) is 49.7 Å². The molecule has 1 saturated heterocycles. The third-order valence-electron chi connectivity index (χ3n) is 4.72. The van der Waals surface area contributed by atoms with Crippen molar-refractivity contribution in [3.8, 4) is 0 Å². The Kier molecular flexibility index (Phi) is 4.33. The number of sulfonamides is 1. The average molecular weight is 373 g/mol. The molecule has 0 N–H and O–H groups in total. The highest BCUT2D eigenvalue weighted by atomic mass is 32.2. The molecule has 2 fully saturated rings. The van der Waals surface area contributed by atoms with Crippen molar-refractivity contribution in [2.45, 2.75) is 42.4 Å². The summed E-state index contributed by atoms with van der Waals surface area (Å²) >= 11 is 1.61. The first-order valence-corrected chi connectivity index (χ1v) is 10.8. The van der Waals surface area contributed by atoms with E-state index < -0.39 is 10.0 Å². The number of para-hydroxylation sites is 1. The highest BCUT2D eigenvalue weighted by Gasteiger charge is 2.48. The van der Waals surface area contributed by atoms with Crippen molar-refractivity contribution < 1.29 is 8.42 Å². The lowest BCUT2D eigenvalue weighted by Gasteiger charge is -2.24. The molecule has 0 spiro atoms. The lowest BCUT2D eigenvalue weighted by atomic mass is 10.2. The van der Waals surface area contributed by atoms with Crippen LogP contribution in [0.2, 0.25) is 0 Å². The van der Waals surface area contributed by atoms with Gasteiger partial charge in [-0.05, 0) is 44.0 Å². The zero-order chi connectivity index (χ0) is 17.4. The number of aliphatic imine (C=N–C) groups is 1. The molecule has 2 aromatic rings. The van der Waals surface area contributed by atoms with Crippen LogP contribution in [-0.4, -0.2) is 29.2 Å². The van der Waals surface area contributed by atoms with Crippen molar-refractivity contribution in [2.24, 2.45) is 4.99 Å². The van der Waals surface area contributed by atoms with Crippen LogP contribution in [0.1, 0.15) is 24.8 Å². The second-order valence-electron chi connectivity index (χ2n) is 6.50. The Morgan fingerprint density at radius 3 is 2.48 bits per heavy atom. The van der Waals surface area contributed by atoms with Crippen LogP contribution in [0.3, 0.4) is 0 Å². The summed E-state index contributed by atoms with van der Waals surface area (Å²) in [6, 6.07) is 16.6. The van der Waals surface area contributed by atoms with Crippen LogP contribution in [0.4, 0.5) is 5.69 Å². The number of rotatable bonds is 3. The fraction of sp³-hybridized carbons (Fsp3) is 0.316. The van der Waals surface area contributed by atoms with E-state index in [0.717, 1.165) is 30.5 Å². The van der Waals surface area contributed by atoms with Crippen LogP contribution in [0.5, 0.6) is 0 Å². The van der Waals surface area contributed by atoms with Crippen molar-refractivity contribution in [3.05, 3.63) is 60.2 Å². The fourth-order valence-corrected chi connectivity index (χ4v) is 6.87. The maximum atomic E-state index is 13.3. The molecule has 0 radical (unpaired) electrons. The first kappa shape index (κ1) is 16.7. The predicted molar refractivity (Wildman–Crippen MR) is 103 cm³/mol. The number of fused-ring (bicyclic) bond motifs is 1. The number of thioether (sulfide) groups is 1. The number of hydrogen-bond acceptors (Lipinski definition) is 4. The van der Waals surface area contributed by atoms with E-state index >= 15 is 0 Å². The number of amidine groups is 1. The summed E-state index contributed by atoms with van der Waals surface area (Å²) in [5.74, 6) is 0. The van der Waals surface area contributed by atoms with Gasteiger partial charge < -0.3 is 0 Å². The zero-order valence-electron chi connectivity index (χ0n) is 14.0. The number of aryl methyl sites for hydroxylation is 1. The van der Waals surface area contributed by atoms with Crippen LogP contribution in [0.25, 0.3) is 0 Å². The van der Waals surface area contributed by atoms with Gasteiger partial charge in [-0.2, -0.15) is 0 Å². The minimum absolute atomic E-state index is 0.0127. The summed E-state index contributed by atoms with van der Waals surface area (Å²) in [6.45, 7) is 1.96. The highest BCUT2D eigenvalue weighted by molar-refractivity contribution is 8.16. The van der Waals surface area contributed by atoms with Gasteiger partial charge in [0.2, 0.25) is 0 Å². The molecule has 4 nitrogen and oxygen atoms in total. The Bertz CT molecular complexity index is 893. The molecule has 1 heterocycles. The SMILES string of the molecule is Cc1ccc(S(=O)(=O)N2C(=Nc3ccccc3)S[C@@H]3CCC[C@H]32)cc1. The molecule has 25 heavy (non-hydrogen) atoms. The van der Waals surface area contributed by atoms with Gasteiger partial charge in [-0.3, -0.25) is 0 Å². The lowest BCUT2D eigenvalue weighted by Crippen LogP contribution is -2.39. The molecule has 2 aromatic carbocycles. The van der Waals surface area contributed by atoms with Gasteiger partial charge in [0.15, 0.2) is 5.17 Å². The highest BCUT2D eigenvalue weighted by Crippen LogP contribution is 2.45. The van der Waals surface area contributed by atoms with Crippen LogP contribution >= 0.6 is 11.8 Å². The van der Waals surface area contributed by atoms with E-state index in [4.69, 9.17) is 0 Å². The molecule has 4 rings (SSSR count). The van der Waals surface area contributed by atoms with E-state index in [1.807, 2.05) is 49.4 Å². The number of benzene rings is 2. The van der Waals surface area contributed by atoms with Gasteiger partial charge in [0.1, 0.15) is 0 Å². The minimum Gasteiger partial charge on any atom is -0.240 e. The lowest BCUT2D eigenvalue weighted by molar-refractivity contribution is 0.452. The third kappa shape index (κ3) is 3.09. The maximum Gasteiger partial charge on any atom is 0.266 e. The van der Waals surface area contributed by atoms with Gasteiger partial charge in [0.25, 0.3) is 10.0 Å². The van der Waals surface area contributed by atoms with Gasteiger partial charge in [-0.25, -0.2) is 17.7 Å². The van der Waals surface area contributed by atoms with Gasteiger partial charge in [-0.15, -0.1) is 0 Å². The molecule has 1 aliphatic heterocycles. The second-order valence-corrected chi connectivity index (χ2v) is 9.52. The molecule has 6 heteroatoms. The number of nitrogens with zero attached hydrogens (tertiary/aromatic N) is 2. The Balaban J connectivity index is 1.78. The van der Waals surface area contributed by atoms with Crippen molar-refractivity contribution in [2.75, 3.05) is 0 Å². The Morgan fingerprint density at radius 1 is 1.04 bits per heavy atom. The normalized spacial score (nSPS) is 24.7. The average Bonchev–Trinajstić information content (AvgIpc) is 3.16. The molecule has 0 aromatic heterocycles. The molecule has 0 amide bonds. The smallest absolute Gasteiger partial charge is 0.240 e. The monoisotopic (exact) mass is 372 g/mol. The summed E-state index contributed by atoms with van der Waals surface area (Å²) in [5.41, 5.74) is 1.83. The Morgan fingerprint density at radius 2 is 1.76 bits per heavy atom. The van der Waals surface area contributed by atoms with Crippen molar-refractivity contribution >= 4 is 32.6 Å². The van der Waals surface area contributed by atoms with Crippen LogP contribution in [0.15, 0.2) is 64.5 Å². The zero-order valence-corrected chi connectivity index (χ0v) is 15.6. The predicted octanol–water partition coefficient (Wildman–Crippen LogP) is 4.34. The molecule has 2 aliphatic rings. The number of hydrogen-bond donors (Lipinski definition) is 0. The van der Waals surface area contributed by atoms with E-state index in [1.54, 1.807) is 28.2 Å². The van der Waals surface area contributed by atoms with Gasteiger partial charge in [0.05, 0.1) is 16.6 Å². The van der Waals surface area contributed by atoms with Crippen LogP contribution in [0, 0.1) is 6.92 Å².